The third kappa shape index (κ3) is 3.56. The first-order chi connectivity index (χ1) is 8.69. The van der Waals surface area contributed by atoms with Crippen molar-refractivity contribution < 1.29 is 4.79 Å². The molecular weight excluding hydrogens is 292 g/mol. The van der Waals surface area contributed by atoms with E-state index in [-0.39, 0.29) is 11.9 Å². The highest BCUT2D eigenvalue weighted by atomic mass is 79.9. The zero-order valence-electron chi connectivity index (χ0n) is 10.4. The summed E-state index contributed by atoms with van der Waals surface area (Å²) in [6, 6.07) is 8.14. The Hall–Kier alpha value is -0.870. The quantitative estimate of drug-likeness (QED) is 0.896. The van der Waals surface area contributed by atoms with E-state index in [4.69, 9.17) is 5.73 Å². The van der Waals surface area contributed by atoms with Crippen molar-refractivity contribution in [2.75, 3.05) is 6.54 Å². The molecule has 4 heteroatoms. The summed E-state index contributed by atoms with van der Waals surface area (Å²) in [5, 5.41) is 3.11. The maximum absolute atomic E-state index is 12.0. The van der Waals surface area contributed by atoms with Crippen LogP contribution < -0.4 is 11.1 Å². The monoisotopic (exact) mass is 310 g/mol. The molecule has 1 aliphatic rings. The highest BCUT2D eigenvalue weighted by Gasteiger charge is 2.27. The largest absolute Gasteiger partial charge is 0.353 e. The molecule has 0 spiro atoms. The Labute approximate surface area is 116 Å². The van der Waals surface area contributed by atoms with Crippen LogP contribution in [0.4, 0.5) is 0 Å². The molecule has 18 heavy (non-hydrogen) atoms. The van der Waals surface area contributed by atoms with Gasteiger partial charge >= 0.3 is 0 Å². The predicted octanol–water partition coefficient (Wildman–Crippen LogP) is 2.24. The zero-order chi connectivity index (χ0) is 13.0. The zero-order valence-corrected chi connectivity index (χ0v) is 11.9. The average molecular weight is 311 g/mol. The molecule has 0 radical (unpaired) electrons. The van der Waals surface area contributed by atoms with E-state index >= 15 is 0 Å². The van der Waals surface area contributed by atoms with Gasteiger partial charge < -0.3 is 11.1 Å². The van der Waals surface area contributed by atoms with Gasteiger partial charge in [-0.3, -0.25) is 4.79 Å². The molecule has 0 bridgehead atoms. The van der Waals surface area contributed by atoms with E-state index in [1.807, 2.05) is 24.3 Å². The Balaban J connectivity index is 1.89. The lowest BCUT2D eigenvalue weighted by Crippen LogP contribution is -2.40. The SMILES string of the molecule is NCC1CCCC1NC(=O)Cc1cccc(Br)c1. The van der Waals surface area contributed by atoms with Crippen molar-refractivity contribution in [3.63, 3.8) is 0 Å². The van der Waals surface area contributed by atoms with Crippen molar-refractivity contribution in [1.82, 2.24) is 5.32 Å². The van der Waals surface area contributed by atoms with Crippen LogP contribution >= 0.6 is 15.9 Å². The summed E-state index contributed by atoms with van der Waals surface area (Å²) in [6.45, 7) is 0.668. The molecule has 0 aromatic heterocycles. The second-order valence-corrected chi connectivity index (χ2v) is 5.82. The fourth-order valence-electron chi connectivity index (χ4n) is 2.60. The number of amides is 1. The molecule has 2 unspecified atom stereocenters. The van der Waals surface area contributed by atoms with E-state index in [0.29, 0.717) is 18.9 Å². The van der Waals surface area contributed by atoms with Gasteiger partial charge in [0, 0.05) is 10.5 Å². The predicted molar refractivity (Wildman–Crippen MR) is 76.2 cm³/mol. The Morgan fingerprint density at radius 3 is 3.00 bits per heavy atom. The summed E-state index contributed by atoms with van der Waals surface area (Å²) in [4.78, 5) is 12.0. The van der Waals surface area contributed by atoms with Gasteiger partial charge in [-0.05, 0) is 43.0 Å². The van der Waals surface area contributed by atoms with Crippen LogP contribution in [0.1, 0.15) is 24.8 Å². The minimum Gasteiger partial charge on any atom is -0.353 e. The molecule has 0 aliphatic heterocycles. The second-order valence-electron chi connectivity index (χ2n) is 4.91. The van der Waals surface area contributed by atoms with Gasteiger partial charge in [-0.25, -0.2) is 0 Å². The number of carbonyl (C=O) groups is 1. The van der Waals surface area contributed by atoms with E-state index in [0.717, 1.165) is 22.9 Å². The molecule has 2 rings (SSSR count). The summed E-state index contributed by atoms with van der Waals surface area (Å²) in [7, 11) is 0. The van der Waals surface area contributed by atoms with Crippen molar-refractivity contribution in [3.8, 4) is 0 Å². The molecule has 98 valence electrons. The highest BCUT2D eigenvalue weighted by molar-refractivity contribution is 9.10. The minimum absolute atomic E-state index is 0.0958. The molecule has 2 atom stereocenters. The van der Waals surface area contributed by atoms with Crippen LogP contribution in [-0.4, -0.2) is 18.5 Å². The van der Waals surface area contributed by atoms with E-state index < -0.39 is 0 Å². The van der Waals surface area contributed by atoms with Gasteiger partial charge in [-0.1, -0.05) is 34.5 Å². The van der Waals surface area contributed by atoms with Crippen LogP contribution in [0.2, 0.25) is 0 Å². The Kier molecular flexibility index (Phi) is 4.78. The number of hydrogen-bond acceptors (Lipinski definition) is 2. The minimum atomic E-state index is 0.0958. The number of hydrogen-bond donors (Lipinski definition) is 2. The second kappa shape index (κ2) is 6.34. The molecule has 3 nitrogen and oxygen atoms in total. The van der Waals surface area contributed by atoms with E-state index in [9.17, 15) is 4.79 Å². The van der Waals surface area contributed by atoms with Crippen molar-refractivity contribution in [2.24, 2.45) is 11.7 Å². The smallest absolute Gasteiger partial charge is 0.224 e. The first-order valence-electron chi connectivity index (χ1n) is 6.43. The third-order valence-corrected chi connectivity index (χ3v) is 4.06. The molecule has 1 saturated carbocycles. The van der Waals surface area contributed by atoms with E-state index in [2.05, 4.69) is 21.2 Å². The molecule has 1 aliphatic carbocycles. The summed E-state index contributed by atoms with van der Waals surface area (Å²) in [5.41, 5.74) is 6.75. The lowest BCUT2D eigenvalue weighted by atomic mass is 10.0. The number of nitrogens with two attached hydrogens (primary N) is 1. The molecule has 1 aromatic rings. The maximum Gasteiger partial charge on any atom is 0.224 e. The molecule has 0 saturated heterocycles. The van der Waals surface area contributed by atoms with Crippen LogP contribution in [0.15, 0.2) is 28.7 Å². The van der Waals surface area contributed by atoms with Gasteiger partial charge in [0.15, 0.2) is 0 Å². The van der Waals surface area contributed by atoms with Crippen LogP contribution in [0, 0.1) is 5.92 Å². The Morgan fingerprint density at radius 2 is 2.28 bits per heavy atom. The van der Waals surface area contributed by atoms with Crippen LogP contribution in [0.25, 0.3) is 0 Å². The molecule has 0 heterocycles. The number of benzene rings is 1. The number of carbonyl (C=O) groups excluding carboxylic acids is 1. The van der Waals surface area contributed by atoms with Gasteiger partial charge in [0.05, 0.1) is 6.42 Å². The van der Waals surface area contributed by atoms with Crippen LogP contribution in [0.5, 0.6) is 0 Å². The number of halogens is 1. The van der Waals surface area contributed by atoms with Crippen molar-refractivity contribution >= 4 is 21.8 Å². The summed E-state index contributed by atoms with van der Waals surface area (Å²) >= 11 is 3.41. The first kappa shape index (κ1) is 13.6. The van der Waals surface area contributed by atoms with Crippen molar-refractivity contribution in [3.05, 3.63) is 34.3 Å². The molecule has 1 aromatic carbocycles. The summed E-state index contributed by atoms with van der Waals surface area (Å²) < 4.78 is 1.01. The van der Waals surface area contributed by atoms with E-state index in [1.165, 1.54) is 6.42 Å². The van der Waals surface area contributed by atoms with Crippen molar-refractivity contribution in [2.45, 2.75) is 31.7 Å². The average Bonchev–Trinajstić information content (AvgIpc) is 2.76. The summed E-state index contributed by atoms with van der Waals surface area (Å²) in [5.74, 6) is 0.551. The molecular formula is C14H19BrN2O. The fraction of sp³-hybridized carbons (Fsp3) is 0.500. The first-order valence-corrected chi connectivity index (χ1v) is 7.22. The topological polar surface area (TPSA) is 55.1 Å². The molecule has 1 amide bonds. The maximum atomic E-state index is 12.0. The van der Waals surface area contributed by atoms with Gasteiger partial charge in [0.2, 0.25) is 5.91 Å². The third-order valence-electron chi connectivity index (χ3n) is 3.56. The van der Waals surface area contributed by atoms with Crippen LogP contribution in [0.3, 0.4) is 0 Å². The Morgan fingerprint density at radius 1 is 1.44 bits per heavy atom. The standard InChI is InChI=1S/C14H19BrN2O/c15-12-5-1-3-10(7-12)8-14(18)17-13-6-2-4-11(13)9-16/h1,3,5,7,11,13H,2,4,6,8-9,16H2,(H,17,18). The van der Waals surface area contributed by atoms with Gasteiger partial charge in [-0.15, -0.1) is 0 Å². The molecule has 1 fully saturated rings. The highest BCUT2D eigenvalue weighted by Crippen LogP contribution is 2.24. The van der Waals surface area contributed by atoms with Crippen LogP contribution in [-0.2, 0) is 11.2 Å². The lowest BCUT2D eigenvalue weighted by molar-refractivity contribution is -0.121. The Bertz CT molecular complexity index is 422. The van der Waals surface area contributed by atoms with E-state index in [1.54, 1.807) is 0 Å². The number of nitrogens with one attached hydrogen (secondary N) is 1. The lowest BCUT2D eigenvalue weighted by Gasteiger charge is -2.19. The number of rotatable bonds is 4. The van der Waals surface area contributed by atoms with Gasteiger partial charge in [-0.2, -0.15) is 0 Å². The fourth-order valence-corrected chi connectivity index (χ4v) is 3.05. The van der Waals surface area contributed by atoms with Gasteiger partial charge in [0.25, 0.3) is 0 Å². The van der Waals surface area contributed by atoms with Crippen molar-refractivity contribution in [1.29, 1.82) is 0 Å². The normalized spacial score (nSPS) is 23.0. The van der Waals surface area contributed by atoms with Gasteiger partial charge in [0.1, 0.15) is 0 Å². The summed E-state index contributed by atoms with van der Waals surface area (Å²) in [6.07, 6.45) is 3.81. The molecule has 3 N–H and O–H groups in total.